The van der Waals surface area contributed by atoms with Gasteiger partial charge in [-0.2, -0.15) is 5.26 Å². The van der Waals surface area contributed by atoms with Crippen molar-refractivity contribution in [2.75, 3.05) is 24.6 Å². The highest BCUT2D eigenvalue weighted by Gasteiger charge is 2.23. The quantitative estimate of drug-likeness (QED) is 0.492. The van der Waals surface area contributed by atoms with Crippen LogP contribution in [0.3, 0.4) is 0 Å². The minimum Gasteiger partial charge on any atom is -0.393 e. The largest absolute Gasteiger partial charge is 0.393 e. The number of amides is 1. The Morgan fingerprint density at radius 2 is 1.91 bits per heavy atom. The number of carbonyl (C=O) groups excluding carboxylic acids is 1. The molecule has 170 valence electrons. The number of piperidine rings is 1. The minimum atomic E-state index is -0.253. The number of hydrazine groups is 1. The van der Waals surface area contributed by atoms with Gasteiger partial charge in [0.05, 0.1) is 6.10 Å². The third-order valence-corrected chi connectivity index (χ3v) is 6.48. The van der Waals surface area contributed by atoms with Gasteiger partial charge in [-0.15, -0.1) is 0 Å². The van der Waals surface area contributed by atoms with Crippen LogP contribution in [0, 0.1) is 17.2 Å². The molecular formula is C24H29BN6O2. The summed E-state index contributed by atoms with van der Waals surface area (Å²) in [7, 11) is 6.10. The Hall–Kier alpha value is -2.96. The van der Waals surface area contributed by atoms with Gasteiger partial charge < -0.3 is 5.11 Å². The predicted octanol–water partition coefficient (Wildman–Crippen LogP) is 1.44. The minimum absolute atomic E-state index is 0.0134. The van der Waals surface area contributed by atoms with E-state index >= 15 is 0 Å². The highest BCUT2D eigenvalue weighted by atomic mass is 16.3. The lowest BCUT2D eigenvalue weighted by Gasteiger charge is -2.29. The molecule has 2 N–H and O–H groups in total. The molecule has 1 aromatic carbocycles. The molecule has 1 amide bonds. The van der Waals surface area contributed by atoms with E-state index < -0.39 is 0 Å². The number of hydrogen-bond acceptors (Lipinski definition) is 7. The molecule has 2 aliphatic rings. The molecule has 0 bridgehead atoms. The number of hydrogen-bond donors (Lipinski definition) is 2. The van der Waals surface area contributed by atoms with E-state index in [9.17, 15) is 15.2 Å². The number of nitrogens with one attached hydrogen (secondary N) is 1. The van der Waals surface area contributed by atoms with Crippen molar-refractivity contribution in [1.29, 1.82) is 5.26 Å². The molecule has 0 spiro atoms. The fourth-order valence-corrected chi connectivity index (χ4v) is 4.57. The van der Waals surface area contributed by atoms with Crippen molar-refractivity contribution in [2.45, 2.75) is 51.2 Å². The molecular weight excluding hydrogens is 415 g/mol. The molecule has 1 saturated heterocycles. The van der Waals surface area contributed by atoms with E-state index in [0.717, 1.165) is 50.9 Å². The second kappa shape index (κ2) is 10.8. The van der Waals surface area contributed by atoms with Gasteiger partial charge >= 0.3 is 0 Å². The number of carbonyl (C=O) groups is 1. The lowest BCUT2D eigenvalue weighted by Crippen LogP contribution is -2.47. The van der Waals surface area contributed by atoms with Gasteiger partial charge in [0, 0.05) is 37.9 Å². The van der Waals surface area contributed by atoms with Gasteiger partial charge in [-0.25, -0.2) is 9.97 Å². The molecule has 1 aliphatic carbocycles. The van der Waals surface area contributed by atoms with Crippen LogP contribution in [0.4, 0.5) is 5.82 Å². The standard InChI is InChI=1S/C24H29BN6O2/c25-21-14-27-22(13-26)28-23(21)31(16-17-3-1-2-4-17)29-24(33)19-7-5-18(6-8-19)15-30-11-9-20(32)10-12-30/h5-8,14,17,20,32H,1-4,9-12,15-16H2,(H,29,33). The Kier molecular flexibility index (Phi) is 7.58. The number of anilines is 1. The highest BCUT2D eigenvalue weighted by molar-refractivity contribution is 6.35. The molecule has 8 nitrogen and oxygen atoms in total. The number of aliphatic hydroxyl groups excluding tert-OH is 1. The van der Waals surface area contributed by atoms with Crippen LogP contribution in [0.1, 0.15) is 60.3 Å². The summed E-state index contributed by atoms with van der Waals surface area (Å²) in [6.07, 6.45) is 7.35. The van der Waals surface area contributed by atoms with E-state index in [0.29, 0.717) is 29.3 Å². The Balaban J connectivity index is 1.45. The normalized spacial score (nSPS) is 17.6. The molecule has 0 atom stereocenters. The molecule has 1 aliphatic heterocycles. The van der Waals surface area contributed by atoms with E-state index in [1.54, 1.807) is 5.01 Å². The summed E-state index contributed by atoms with van der Waals surface area (Å²) >= 11 is 0. The Bertz CT molecular complexity index is 995. The summed E-state index contributed by atoms with van der Waals surface area (Å²) in [5.41, 5.74) is 4.93. The third kappa shape index (κ3) is 6.09. The molecule has 2 fully saturated rings. The topological polar surface area (TPSA) is 105 Å². The molecule has 9 heteroatoms. The van der Waals surface area contributed by atoms with Gasteiger partial charge in [0.2, 0.25) is 5.82 Å². The van der Waals surface area contributed by atoms with E-state index in [-0.39, 0.29) is 17.8 Å². The summed E-state index contributed by atoms with van der Waals surface area (Å²) in [6.45, 7) is 3.14. The van der Waals surface area contributed by atoms with Crippen molar-refractivity contribution in [3.63, 3.8) is 0 Å². The number of nitriles is 1. The van der Waals surface area contributed by atoms with Crippen molar-refractivity contribution in [3.05, 3.63) is 47.4 Å². The van der Waals surface area contributed by atoms with Crippen LogP contribution in [0.15, 0.2) is 30.5 Å². The molecule has 1 saturated carbocycles. The Labute approximate surface area is 196 Å². The summed E-state index contributed by atoms with van der Waals surface area (Å²) < 4.78 is 0. The number of aromatic nitrogens is 2. The molecule has 4 rings (SSSR count). The van der Waals surface area contributed by atoms with Crippen molar-refractivity contribution >= 4 is 25.0 Å². The Morgan fingerprint density at radius 1 is 1.21 bits per heavy atom. The Morgan fingerprint density at radius 3 is 2.58 bits per heavy atom. The zero-order valence-electron chi connectivity index (χ0n) is 18.8. The molecule has 33 heavy (non-hydrogen) atoms. The molecule has 1 aromatic heterocycles. The first-order valence-electron chi connectivity index (χ1n) is 11.6. The number of rotatable bonds is 7. The lowest BCUT2D eigenvalue weighted by molar-refractivity contribution is 0.0792. The maximum atomic E-state index is 13.1. The maximum absolute atomic E-state index is 13.1. The first kappa shape index (κ1) is 23.2. The fourth-order valence-electron chi connectivity index (χ4n) is 4.57. The van der Waals surface area contributed by atoms with Crippen molar-refractivity contribution in [1.82, 2.24) is 20.3 Å². The van der Waals surface area contributed by atoms with Crippen LogP contribution < -0.4 is 15.9 Å². The number of benzene rings is 1. The highest BCUT2D eigenvalue weighted by Crippen LogP contribution is 2.26. The first-order chi connectivity index (χ1) is 16.0. The van der Waals surface area contributed by atoms with Gasteiger partial charge in [-0.1, -0.05) is 25.0 Å². The lowest BCUT2D eigenvalue weighted by atomic mass is 9.98. The average Bonchev–Trinajstić information content (AvgIpc) is 3.34. The predicted molar refractivity (Wildman–Crippen MR) is 126 cm³/mol. The van der Waals surface area contributed by atoms with Gasteiger partial charge in [-0.05, 0) is 54.8 Å². The van der Waals surface area contributed by atoms with E-state index in [1.807, 2.05) is 30.3 Å². The fraction of sp³-hybridized carbons (Fsp3) is 0.500. The smallest absolute Gasteiger partial charge is 0.269 e. The number of likely N-dealkylation sites (tertiary alicyclic amines) is 1. The molecule has 2 aromatic rings. The molecule has 2 heterocycles. The van der Waals surface area contributed by atoms with Gasteiger partial charge in [0.25, 0.3) is 5.91 Å². The maximum Gasteiger partial charge on any atom is 0.269 e. The van der Waals surface area contributed by atoms with Crippen LogP contribution in [0.25, 0.3) is 0 Å². The van der Waals surface area contributed by atoms with Gasteiger partial charge in [0.1, 0.15) is 19.7 Å². The van der Waals surface area contributed by atoms with Gasteiger partial charge in [-0.3, -0.25) is 20.1 Å². The van der Waals surface area contributed by atoms with Crippen LogP contribution in [0.2, 0.25) is 0 Å². The summed E-state index contributed by atoms with van der Waals surface area (Å²) in [4.78, 5) is 23.6. The van der Waals surface area contributed by atoms with Gasteiger partial charge in [0.15, 0.2) is 0 Å². The van der Waals surface area contributed by atoms with Crippen LogP contribution in [0.5, 0.6) is 0 Å². The van der Waals surface area contributed by atoms with E-state index in [2.05, 4.69) is 20.3 Å². The van der Waals surface area contributed by atoms with Crippen LogP contribution in [-0.4, -0.2) is 59.5 Å². The SMILES string of the molecule is [B]c1cnc(C#N)nc1N(CC1CCCC1)NC(=O)c1ccc(CN2CCC(O)CC2)cc1. The first-order valence-corrected chi connectivity index (χ1v) is 11.6. The number of aliphatic hydroxyl groups is 1. The molecule has 2 radical (unpaired) electrons. The van der Waals surface area contributed by atoms with Crippen molar-refractivity contribution in [3.8, 4) is 6.07 Å². The second-order valence-corrected chi connectivity index (χ2v) is 8.99. The van der Waals surface area contributed by atoms with Crippen molar-refractivity contribution < 1.29 is 9.90 Å². The number of nitrogens with zero attached hydrogens (tertiary/aromatic N) is 5. The van der Waals surface area contributed by atoms with Crippen LogP contribution >= 0.6 is 0 Å². The summed E-state index contributed by atoms with van der Waals surface area (Å²) in [5, 5.41) is 20.5. The summed E-state index contributed by atoms with van der Waals surface area (Å²) in [6, 6.07) is 9.51. The monoisotopic (exact) mass is 444 g/mol. The van der Waals surface area contributed by atoms with E-state index in [1.165, 1.54) is 19.0 Å². The molecule has 0 unspecified atom stereocenters. The third-order valence-electron chi connectivity index (χ3n) is 6.48. The van der Waals surface area contributed by atoms with E-state index in [4.69, 9.17) is 7.85 Å². The zero-order chi connectivity index (χ0) is 23.2. The zero-order valence-corrected chi connectivity index (χ0v) is 18.8. The van der Waals surface area contributed by atoms with Crippen LogP contribution in [-0.2, 0) is 6.54 Å². The summed E-state index contributed by atoms with van der Waals surface area (Å²) in [5.74, 6) is 0.540. The second-order valence-electron chi connectivity index (χ2n) is 8.99. The van der Waals surface area contributed by atoms with Crippen molar-refractivity contribution in [2.24, 2.45) is 5.92 Å². The average molecular weight is 444 g/mol.